The van der Waals surface area contributed by atoms with Gasteiger partial charge in [0.05, 0.1) is 5.69 Å². The van der Waals surface area contributed by atoms with E-state index in [9.17, 15) is 4.39 Å². The van der Waals surface area contributed by atoms with Crippen LogP contribution < -0.4 is 10.2 Å². The first-order chi connectivity index (χ1) is 12.9. The Morgan fingerprint density at radius 2 is 1.81 bits per heavy atom. The summed E-state index contributed by atoms with van der Waals surface area (Å²) < 4.78 is 19.7. The second-order valence-corrected chi connectivity index (χ2v) is 7.59. The third kappa shape index (κ3) is 5.23. The fourth-order valence-corrected chi connectivity index (χ4v) is 3.71. The first kappa shape index (κ1) is 21.2. The smallest absolute Gasteiger partial charge is 0.167 e. The lowest BCUT2D eigenvalue weighted by Gasteiger charge is -2.37. The summed E-state index contributed by atoms with van der Waals surface area (Å²) >= 11 is 0. The standard InChI is InChI=1S/C23H32FNO2/c1-5-7-8-17(3)23(4,15-6-2)18-9-12-20(13-10-18)27-22-14-11-19(25-26)16-21(22)24/h9-14,16-17,25-26H,5-8,15H2,1-4H3. The van der Waals surface area contributed by atoms with E-state index < -0.39 is 5.82 Å². The summed E-state index contributed by atoms with van der Waals surface area (Å²) in [5.41, 5.74) is 3.64. The number of benzene rings is 2. The van der Waals surface area contributed by atoms with Crippen LogP contribution in [0.25, 0.3) is 0 Å². The molecule has 0 bridgehead atoms. The topological polar surface area (TPSA) is 41.5 Å². The van der Waals surface area contributed by atoms with Gasteiger partial charge in [-0.3, -0.25) is 10.7 Å². The second kappa shape index (κ2) is 9.75. The maximum atomic E-state index is 14.0. The highest BCUT2D eigenvalue weighted by molar-refractivity contribution is 5.46. The van der Waals surface area contributed by atoms with Gasteiger partial charge in [-0.2, -0.15) is 0 Å². The van der Waals surface area contributed by atoms with Gasteiger partial charge in [0.25, 0.3) is 0 Å². The third-order valence-corrected chi connectivity index (χ3v) is 5.65. The van der Waals surface area contributed by atoms with Gasteiger partial charge in [0.15, 0.2) is 11.6 Å². The summed E-state index contributed by atoms with van der Waals surface area (Å²) in [7, 11) is 0. The minimum atomic E-state index is -0.526. The molecule has 2 aromatic carbocycles. The number of hydrogen-bond donors (Lipinski definition) is 2. The van der Waals surface area contributed by atoms with Crippen molar-refractivity contribution in [2.45, 2.75) is 65.2 Å². The van der Waals surface area contributed by atoms with Crippen molar-refractivity contribution in [3.05, 3.63) is 53.8 Å². The number of anilines is 1. The van der Waals surface area contributed by atoms with Gasteiger partial charge in [0.2, 0.25) is 0 Å². The van der Waals surface area contributed by atoms with Crippen molar-refractivity contribution in [3.63, 3.8) is 0 Å². The van der Waals surface area contributed by atoms with Crippen LogP contribution in [0, 0.1) is 11.7 Å². The van der Waals surface area contributed by atoms with Crippen LogP contribution in [0.4, 0.5) is 10.1 Å². The molecule has 0 heterocycles. The molecule has 0 fully saturated rings. The van der Waals surface area contributed by atoms with Crippen molar-refractivity contribution >= 4 is 5.69 Å². The number of unbranched alkanes of at least 4 members (excludes halogenated alkanes) is 1. The molecule has 0 radical (unpaired) electrons. The van der Waals surface area contributed by atoms with Gasteiger partial charge in [-0.05, 0) is 54.0 Å². The fraction of sp³-hybridized carbons (Fsp3) is 0.478. The molecule has 27 heavy (non-hydrogen) atoms. The minimum Gasteiger partial charge on any atom is -0.454 e. The van der Waals surface area contributed by atoms with E-state index in [0.717, 1.165) is 12.8 Å². The van der Waals surface area contributed by atoms with Crippen molar-refractivity contribution in [2.75, 3.05) is 5.48 Å². The van der Waals surface area contributed by atoms with Crippen LogP contribution >= 0.6 is 0 Å². The normalized spacial score (nSPS) is 14.4. The Balaban J connectivity index is 2.18. The number of rotatable bonds is 10. The highest BCUT2D eigenvalue weighted by Crippen LogP contribution is 2.40. The molecule has 0 amide bonds. The molecule has 4 heteroatoms. The van der Waals surface area contributed by atoms with Gasteiger partial charge in [0.1, 0.15) is 5.75 Å². The van der Waals surface area contributed by atoms with E-state index in [-0.39, 0.29) is 16.9 Å². The Morgan fingerprint density at radius 3 is 2.37 bits per heavy atom. The van der Waals surface area contributed by atoms with E-state index in [4.69, 9.17) is 9.94 Å². The lowest BCUT2D eigenvalue weighted by molar-refractivity contribution is 0.269. The molecule has 0 spiro atoms. The van der Waals surface area contributed by atoms with Crippen LogP contribution in [0.15, 0.2) is 42.5 Å². The van der Waals surface area contributed by atoms with Crippen molar-refractivity contribution in [2.24, 2.45) is 5.92 Å². The SMILES string of the molecule is CCCCC(C)C(C)(CCC)c1ccc(Oc2ccc(NO)cc2F)cc1. The number of halogens is 1. The molecule has 0 aliphatic heterocycles. The van der Waals surface area contributed by atoms with E-state index >= 15 is 0 Å². The molecule has 2 N–H and O–H groups in total. The molecular weight excluding hydrogens is 341 g/mol. The monoisotopic (exact) mass is 373 g/mol. The van der Waals surface area contributed by atoms with Crippen LogP contribution in [0.2, 0.25) is 0 Å². The molecule has 148 valence electrons. The Kier molecular flexibility index (Phi) is 7.66. The molecule has 0 saturated carbocycles. The summed E-state index contributed by atoms with van der Waals surface area (Å²) in [5, 5.41) is 8.83. The van der Waals surface area contributed by atoms with E-state index in [1.165, 1.54) is 37.0 Å². The summed E-state index contributed by atoms with van der Waals surface area (Å²) in [4.78, 5) is 0. The predicted molar refractivity (Wildman–Crippen MR) is 109 cm³/mol. The molecule has 0 aliphatic carbocycles. The number of hydrogen-bond acceptors (Lipinski definition) is 3. The van der Waals surface area contributed by atoms with Gasteiger partial charge < -0.3 is 4.74 Å². The van der Waals surface area contributed by atoms with Crippen LogP contribution in [0.1, 0.15) is 65.4 Å². The van der Waals surface area contributed by atoms with Crippen molar-refractivity contribution < 1.29 is 14.3 Å². The predicted octanol–water partition coefficient (Wildman–Crippen LogP) is 7.30. The fourth-order valence-electron chi connectivity index (χ4n) is 3.71. The molecule has 0 saturated heterocycles. The summed E-state index contributed by atoms with van der Waals surface area (Å²) in [6.07, 6.45) is 5.97. The molecule has 3 nitrogen and oxygen atoms in total. The number of nitrogens with one attached hydrogen (secondary N) is 1. The largest absolute Gasteiger partial charge is 0.454 e. The zero-order chi connectivity index (χ0) is 19.9. The lowest BCUT2D eigenvalue weighted by atomic mass is 9.68. The van der Waals surface area contributed by atoms with Crippen molar-refractivity contribution in [3.8, 4) is 11.5 Å². The van der Waals surface area contributed by atoms with E-state index in [1.807, 2.05) is 17.6 Å². The summed E-state index contributed by atoms with van der Waals surface area (Å²) in [6, 6.07) is 12.3. The van der Waals surface area contributed by atoms with E-state index in [0.29, 0.717) is 11.7 Å². The first-order valence-electron chi connectivity index (χ1n) is 9.92. The van der Waals surface area contributed by atoms with Gasteiger partial charge >= 0.3 is 0 Å². The highest BCUT2D eigenvalue weighted by Gasteiger charge is 2.31. The van der Waals surface area contributed by atoms with Crippen LogP contribution in [0.5, 0.6) is 11.5 Å². The van der Waals surface area contributed by atoms with Crippen LogP contribution in [-0.2, 0) is 5.41 Å². The van der Waals surface area contributed by atoms with Crippen LogP contribution in [-0.4, -0.2) is 5.21 Å². The number of ether oxygens (including phenoxy) is 1. The second-order valence-electron chi connectivity index (χ2n) is 7.59. The molecule has 2 rings (SSSR count). The average Bonchev–Trinajstić information content (AvgIpc) is 2.68. The maximum absolute atomic E-state index is 14.0. The lowest BCUT2D eigenvalue weighted by Crippen LogP contribution is -2.30. The minimum absolute atomic E-state index is 0.127. The van der Waals surface area contributed by atoms with E-state index in [1.54, 1.807) is 6.07 Å². The quantitative estimate of drug-likeness (QED) is 0.429. The van der Waals surface area contributed by atoms with Gasteiger partial charge in [-0.15, -0.1) is 0 Å². The molecule has 0 aromatic heterocycles. The Hall–Kier alpha value is -2.07. The van der Waals surface area contributed by atoms with Crippen LogP contribution in [0.3, 0.4) is 0 Å². The molecule has 2 aromatic rings. The van der Waals surface area contributed by atoms with Crippen molar-refractivity contribution in [1.29, 1.82) is 0 Å². The molecule has 2 unspecified atom stereocenters. The highest BCUT2D eigenvalue weighted by atomic mass is 19.1. The summed E-state index contributed by atoms with van der Waals surface area (Å²) in [5.74, 6) is 0.805. The Bertz CT molecular complexity index is 717. The molecule has 0 aliphatic rings. The van der Waals surface area contributed by atoms with E-state index in [2.05, 4.69) is 39.8 Å². The van der Waals surface area contributed by atoms with Crippen molar-refractivity contribution in [1.82, 2.24) is 0 Å². The van der Waals surface area contributed by atoms with Gasteiger partial charge in [-0.25, -0.2) is 4.39 Å². The third-order valence-electron chi connectivity index (χ3n) is 5.65. The molecule has 2 atom stereocenters. The average molecular weight is 374 g/mol. The molecular formula is C23H32FNO2. The summed E-state index contributed by atoms with van der Waals surface area (Å²) in [6.45, 7) is 9.17. The Labute approximate surface area is 162 Å². The zero-order valence-electron chi connectivity index (χ0n) is 16.9. The Morgan fingerprint density at radius 1 is 1.11 bits per heavy atom. The zero-order valence-corrected chi connectivity index (χ0v) is 16.9. The maximum Gasteiger partial charge on any atom is 0.167 e. The van der Waals surface area contributed by atoms with Gasteiger partial charge in [-0.1, -0.05) is 59.1 Å². The van der Waals surface area contributed by atoms with Gasteiger partial charge in [0, 0.05) is 6.07 Å². The first-order valence-corrected chi connectivity index (χ1v) is 9.92.